The maximum absolute atomic E-state index is 10.3. The number of hydrogen-bond acceptors (Lipinski definition) is 3. The van der Waals surface area contributed by atoms with Crippen molar-refractivity contribution in [3.8, 4) is 5.75 Å². The second kappa shape index (κ2) is 5.56. The molecule has 2 aromatic carbocycles. The molecule has 0 amide bonds. The molecule has 0 saturated heterocycles. The van der Waals surface area contributed by atoms with Gasteiger partial charge in [0.25, 0.3) is 0 Å². The van der Waals surface area contributed by atoms with Gasteiger partial charge in [-0.15, -0.1) is 0 Å². The van der Waals surface area contributed by atoms with Gasteiger partial charge in [0.15, 0.2) is 0 Å². The van der Waals surface area contributed by atoms with Crippen LogP contribution in [0.4, 0.5) is 5.69 Å². The second-order valence-corrected chi connectivity index (χ2v) is 4.07. The van der Waals surface area contributed by atoms with Gasteiger partial charge >= 0.3 is 0 Å². The minimum absolute atomic E-state index is 0.613. The average molecular weight is 243 g/mol. The molecule has 1 unspecified atom stereocenters. The summed E-state index contributed by atoms with van der Waals surface area (Å²) >= 11 is 0. The summed E-state index contributed by atoms with van der Waals surface area (Å²) < 4.78 is 5.42. The van der Waals surface area contributed by atoms with Crippen LogP contribution < -0.4 is 10.5 Å². The van der Waals surface area contributed by atoms with Crippen molar-refractivity contribution in [3.05, 3.63) is 59.7 Å². The van der Waals surface area contributed by atoms with E-state index in [1.165, 1.54) is 0 Å². The van der Waals surface area contributed by atoms with E-state index in [9.17, 15) is 5.11 Å². The van der Waals surface area contributed by atoms with Crippen molar-refractivity contribution in [1.82, 2.24) is 0 Å². The van der Waals surface area contributed by atoms with E-state index in [-0.39, 0.29) is 0 Å². The maximum atomic E-state index is 10.3. The van der Waals surface area contributed by atoms with E-state index < -0.39 is 6.10 Å². The molecular weight excluding hydrogens is 226 g/mol. The Morgan fingerprint density at radius 2 is 1.83 bits per heavy atom. The van der Waals surface area contributed by atoms with E-state index in [2.05, 4.69) is 0 Å². The maximum Gasteiger partial charge on any atom is 0.119 e. The van der Waals surface area contributed by atoms with Gasteiger partial charge in [-0.05, 0) is 42.3 Å². The molecule has 94 valence electrons. The fourth-order valence-electron chi connectivity index (χ4n) is 1.81. The van der Waals surface area contributed by atoms with E-state index in [0.717, 1.165) is 16.9 Å². The van der Waals surface area contributed by atoms with E-state index in [4.69, 9.17) is 10.5 Å². The molecule has 0 fully saturated rings. The van der Waals surface area contributed by atoms with Crippen molar-refractivity contribution in [1.29, 1.82) is 0 Å². The summed E-state index contributed by atoms with van der Waals surface area (Å²) in [5.74, 6) is 0.768. The number of nitrogens with two attached hydrogens (primary N) is 1. The first kappa shape index (κ1) is 12.5. The van der Waals surface area contributed by atoms with Crippen LogP contribution in [0.5, 0.6) is 5.75 Å². The highest BCUT2D eigenvalue weighted by Crippen LogP contribution is 2.25. The van der Waals surface area contributed by atoms with Crippen molar-refractivity contribution in [2.45, 2.75) is 13.0 Å². The Bertz CT molecular complexity index is 508. The van der Waals surface area contributed by atoms with Crippen molar-refractivity contribution in [2.75, 3.05) is 12.3 Å². The Kier molecular flexibility index (Phi) is 3.85. The number of rotatable bonds is 4. The standard InChI is InChI=1S/C15H17NO2/c1-2-18-14-5-3-4-12(10-14)15(17)11-6-8-13(16)9-7-11/h3-10,15,17H,2,16H2,1H3. The van der Waals surface area contributed by atoms with Crippen LogP contribution >= 0.6 is 0 Å². The quantitative estimate of drug-likeness (QED) is 0.812. The third kappa shape index (κ3) is 2.81. The topological polar surface area (TPSA) is 55.5 Å². The molecule has 3 nitrogen and oxygen atoms in total. The third-order valence-electron chi connectivity index (χ3n) is 2.74. The summed E-state index contributed by atoms with van der Waals surface area (Å²) in [5, 5.41) is 10.3. The van der Waals surface area contributed by atoms with Crippen molar-refractivity contribution in [3.63, 3.8) is 0 Å². The van der Waals surface area contributed by atoms with Gasteiger partial charge in [-0.25, -0.2) is 0 Å². The molecular formula is C15H17NO2. The molecule has 0 aliphatic rings. The number of aliphatic hydroxyl groups is 1. The van der Waals surface area contributed by atoms with Crippen LogP contribution in [0.25, 0.3) is 0 Å². The van der Waals surface area contributed by atoms with Gasteiger partial charge in [-0.1, -0.05) is 24.3 Å². The van der Waals surface area contributed by atoms with E-state index in [1.54, 1.807) is 12.1 Å². The number of nitrogen functional groups attached to an aromatic ring is 1. The SMILES string of the molecule is CCOc1cccc(C(O)c2ccc(N)cc2)c1. The van der Waals surface area contributed by atoms with Crippen LogP contribution in [0.15, 0.2) is 48.5 Å². The lowest BCUT2D eigenvalue weighted by Crippen LogP contribution is -2.01. The zero-order valence-electron chi connectivity index (χ0n) is 10.3. The Morgan fingerprint density at radius 3 is 2.50 bits per heavy atom. The fourth-order valence-corrected chi connectivity index (χ4v) is 1.81. The Balaban J connectivity index is 2.24. The smallest absolute Gasteiger partial charge is 0.119 e. The van der Waals surface area contributed by atoms with Gasteiger partial charge in [-0.2, -0.15) is 0 Å². The van der Waals surface area contributed by atoms with Crippen LogP contribution in [0.1, 0.15) is 24.2 Å². The first-order valence-electron chi connectivity index (χ1n) is 5.97. The van der Waals surface area contributed by atoms with Crippen LogP contribution in [0.2, 0.25) is 0 Å². The Hall–Kier alpha value is -2.00. The highest BCUT2D eigenvalue weighted by atomic mass is 16.5. The molecule has 0 radical (unpaired) electrons. The molecule has 1 atom stereocenters. The lowest BCUT2D eigenvalue weighted by atomic mass is 10.0. The molecule has 2 rings (SSSR count). The van der Waals surface area contributed by atoms with Crippen molar-refractivity contribution in [2.24, 2.45) is 0 Å². The zero-order valence-corrected chi connectivity index (χ0v) is 10.3. The molecule has 0 aliphatic heterocycles. The molecule has 2 aromatic rings. The minimum Gasteiger partial charge on any atom is -0.494 e. The largest absolute Gasteiger partial charge is 0.494 e. The first-order valence-corrected chi connectivity index (χ1v) is 5.97. The highest BCUT2D eigenvalue weighted by Gasteiger charge is 2.10. The van der Waals surface area contributed by atoms with Crippen LogP contribution in [-0.2, 0) is 0 Å². The van der Waals surface area contributed by atoms with Crippen LogP contribution in [0.3, 0.4) is 0 Å². The lowest BCUT2D eigenvalue weighted by Gasteiger charge is -2.13. The number of benzene rings is 2. The second-order valence-electron chi connectivity index (χ2n) is 4.07. The van der Waals surface area contributed by atoms with Gasteiger partial charge in [-0.3, -0.25) is 0 Å². The van der Waals surface area contributed by atoms with E-state index in [1.807, 2.05) is 43.3 Å². The number of aliphatic hydroxyl groups excluding tert-OH is 1. The minimum atomic E-state index is -0.661. The average Bonchev–Trinajstić information content (AvgIpc) is 2.39. The van der Waals surface area contributed by atoms with Crippen LogP contribution in [0, 0.1) is 0 Å². The molecule has 0 bridgehead atoms. The van der Waals surface area contributed by atoms with Gasteiger partial charge in [0.1, 0.15) is 11.9 Å². The van der Waals surface area contributed by atoms with Crippen molar-refractivity contribution >= 4 is 5.69 Å². The van der Waals surface area contributed by atoms with Crippen LogP contribution in [-0.4, -0.2) is 11.7 Å². The van der Waals surface area contributed by atoms with Crippen molar-refractivity contribution < 1.29 is 9.84 Å². The monoisotopic (exact) mass is 243 g/mol. The van der Waals surface area contributed by atoms with E-state index in [0.29, 0.717) is 12.3 Å². The molecule has 0 heterocycles. The van der Waals surface area contributed by atoms with Gasteiger partial charge in [0.05, 0.1) is 6.61 Å². The summed E-state index contributed by atoms with van der Waals surface area (Å²) in [6.45, 7) is 2.55. The Labute approximate surface area is 107 Å². The predicted molar refractivity (Wildman–Crippen MR) is 72.5 cm³/mol. The predicted octanol–water partition coefficient (Wildman–Crippen LogP) is 2.75. The molecule has 0 saturated carbocycles. The zero-order chi connectivity index (χ0) is 13.0. The summed E-state index contributed by atoms with van der Waals surface area (Å²) in [5.41, 5.74) is 7.94. The lowest BCUT2D eigenvalue weighted by molar-refractivity contribution is 0.219. The number of hydrogen-bond donors (Lipinski definition) is 2. The summed E-state index contributed by atoms with van der Waals surface area (Å²) in [4.78, 5) is 0. The summed E-state index contributed by atoms with van der Waals surface area (Å²) in [6, 6.07) is 14.7. The molecule has 0 aliphatic carbocycles. The first-order chi connectivity index (χ1) is 8.70. The van der Waals surface area contributed by atoms with Gasteiger partial charge < -0.3 is 15.6 Å². The number of ether oxygens (including phenoxy) is 1. The normalized spacial score (nSPS) is 12.1. The molecule has 3 heteroatoms. The summed E-state index contributed by atoms with van der Waals surface area (Å²) in [6.07, 6.45) is -0.661. The van der Waals surface area contributed by atoms with E-state index >= 15 is 0 Å². The molecule has 18 heavy (non-hydrogen) atoms. The number of anilines is 1. The van der Waals surface area contributed by atoms with Gasteiger partial charge in [0, 0.05) is 5.69 Å². The van der Waals surface area contributed by atoms with Gasteiger partial charge in [0.2, 0.25) is 0 Å². The summed E-state index contributed by atoms with van der Waals surface area (Å²) in [7, 11) is 0. The fraction of sp³-hybridized carbons (Fsp3) is 0.200. The molecule has 3 N–H and O–H groups in total. The third-order valence-corrected chi connectivity index (χ3v) is 2.74. The molecule has 0 aromatic heterocycles. The Morgan fingerprint density at radius 1 is 1.11 bits per heavy atom. The highest BCUT2D eigenvalue weighted by molar-refractivity contribution is 5.42. The molecule has 0 spiro atoms.